The highest BCUT2D eigenvalue weighted by molar-refractivity contribution is 7.16. The first-order chi connectivity index (χ1) is 20.9. The summed E-state index contributed by atoms with van der Waals surface area (Å²) in [6.07, 6.45) is 3.56. The molecule has 4 aromatic rings. The molecule has 3 aromatic heterocycles. The van der Waals surface area contributed by atoms with Crippen LogP contribution in [0.2, 0.25) is 0 Å². The molecule has 12 heteroatoms. The number of likely N-dealkylation sites (tertiary alicyclic amines) is 1. The number of imidazole rings is 1. The van der Waals surface area contributed by atoms with Gasteiger partial charge in [0.2, 0.25) is 5.91 Å². The predicted molar refractivity (Wildman–Crippen MR) is 164 cm³/mol. The van der Waals surface area contributed by atoms with E-state index in [0.29, 0.717) is 47.3 Å². The molecule has 0 radical (unpaired) electrons. The van der Waals surface area contributed by atoms with Gasteiger partial charge in [0.15, 0.2) is 5.13 Å². The summed E-state index contributed by atoms with van der Waals surface area (Å²) in [6.45, 7) is 6.37. The molecule has 2 saturated heterocycles. The van der Waals surface area contributed by atoms with Gasteiger partial charge in [-0.1, -0.05) is 18.3 Å². The first-order valence-electron chi connectivity index (χ1n) is 14.6. The second kappa shape index (κ2) is 12.3. The van der Waals surface area contributed by atoms with Gasteiger partial charge in [-0.15, -0.1) is 0 Å². The molecule has 1 unspecified atom stereocenters. The summed E-state index contributed by atoms with van der Waals surface area (Å²) >= 11 is 1.29. The third-order valence-corrected chi connectivity index (χ3v) is 9.41. The van der Waals surface area contributed by atoms with Crippen molar-refractivity contribution in [3.05, 3.63) is 59.0 Å². The van der Waals surface area contributed by atoms with Gasteiger partial charge in [-0.3, -0.25) is 18.5 Å². The molecule has 0 N–H and O–H groups in total. The van der Waals surface area contributed by atoms with E-state index in [1.54, 1.807) is 17.0 Å². The van der Waals surface area contributed by atoms with E-state index in [-0.39, 0.29) is 24.3 Å². The zero-order valence-electron chi connectivity index (χ0n) is 24.3. The van der Waals surface area contributed by atoms with Crippen molar-refractivity contribution in [3.8, 4) is 17.3 Å². The van der Waals surface area contributed by atoms with Gasteiger partial charge in [-0.05, 0) is 49.2 Å². The number of carbonyl (C=O) groups is 1. The molecule has 224 valence electrons. The molecule has 2 fully saturated rings. The predicted octanol–water partition coefficient (Wildman–Crippen LogP) is 4.74. The molecule has 5 heterocycles. The SMILES string of the molecule is CCc1nc2ccc(N3CCN(CC(=O)N4CCC(C[18F])C4)CC3)cn2c1N(C)c1nc(-c2ccc(F)cc2)c(C#N)s1. The molecule has 6 rings (SSSR count). The third-order valence-electron chi connectivity index (χ3n) is 8.37. The fourth-order valence-corrected chi connectivity index (χ4v) is 6.76. The summed E-state index contributed by atoms with van der Waals surface area (Å²) in [5.41, 5.74) is 4.01. The second-order valence-corrected chi connectivity index (χ2v) is 12.1. The number of pyridine rings is 1. The van der Waals surface area contributed by atoms with Crippen LogP contribution in [0.4, 0.5) is 25.4 Å². The van der Waals surface area contributed by atoms with Crippen LogP contribution in [0, 0.1) is 23.1 Å². The van der Waals surface area contributed by atoms with E-state index in [0.717, 1.165) is 55.4 Å². The first kappa shape index (κ1) is 29.0. The number of fused-ring (bicyclic) bond motifs is 1. The summed E-state index contributed by atoms with van der Waals surface area (Å²) in [5.74, 6) is 0.615. The quantitative estimate of drug-likeness (QED) is 0.288. The van der Waals surface area contributed by atoms with Crippen LogP contribution in [0.5, 0.6) is 0 Å². The van der Waals surface area contributed by atoms with Crippen LogP contribution in [0.1, 0.15) is 23.9 Å². The number of piperazine rings is 1. The van der Waals surface area contributed by atoms with Crippen molar-refractivity contribution in [3.63, 3.8) is 0 Å². The lowest BCUT2D eigenvalue weighted by Gasteiger charge is -2.36. The van der Waals surface area contributed by atoms with Crippen LogP contribution in [0.3, 0.4) is 0 Å². The van der Waals surface area contributed by atoms with Gasteiger partial charge in [0.05, 0.1) is 24.6 Å². The number of carbonyl (C=O) groups excluding carboxylic acids is 1. The highest BCUT2D eigenvalue weighted by Crippen LogP contribution is 2.37. The number of hydrogen-bond donors (Lipinski definition) is 0. The Hall–Kier alpha value is -4.08. The molecule has 0 aliphatic carbocycles. The van der Waals surface area contributed by atoms with Crippen molar-refractivity contribution < 1.29 is 13.6 Å². The Kier molecular flexibility index (Phi) is 8.27. The lowest BCUT2D eigenvalue weighted by atomic mass is 10.1. The summed E-state index contributed by atoms with van der Waals surface area (Å²) < 4.78 is 28.6. The Bertz CT molecular complexity index is 1650. The molecule has 1 aromatic carbocycles. The van der Waals surface area contributed by atoms with Crippen molar-refractivity contribution in [2.75, 3.05) is 69.3 Å². The van der Waals surface area contributed by atoms with Crippen molar-refractivity contribution >= 4 is 39.5 Å². The fraction of sp³-hybridized carbons (Fsp3) is 0.419. The number of aryl methyl sites for hydroxylation is 1. The van der Waals surface area contributed by atoms with Gasteiger partial charge in [-0.25, -0.2) is 14.4 Å². The minimum absolute atomic E-state index is 0.0168. The standard InChI is InChI=1S/C31H34F2N8OS/c1-3-25-30(37(2)31-36-29(26(17-34)43-31)22-4-6-23(33)7-5-22)41-19-24(8-9-27(41)35-25)39-14-12-38(13-15-39)20-28(42)40-11-10-21(16-32)18-40/h4-9,19,21H,3,10-16,18,20H2,1-2H3/i32-1. The molecular formula is C31H34F2N8OS. The summed E-state index contributed by atoms with van der Waals surface area (Å²) in [6, 6.07) is 12.4. The van der Waals surface area contributed by atoms with Gasteiger partial charge >= 0.3 is 0 Å². The van der Waals surface area contributed by atoms with Crippen LogP contribution < -0.4 is 9.80 Å². The number of rotatable bonds is 8. The number of anilines is 3. The normalized spacial score (nSPS) is 17.5. The minimum Gasteiger partial charge on any atom is -0.368 e. The van der Waals surface area contributed by atoms with Gasteiger partial charge in [0.25, 0.3) is 0 Å². The maximum atomic E-state index is 13.5. The number of amides is 1. The topological polar surface area (TPSA) is 84.0 Å². The molecule has 9 nitrogen and oxygen atoms in total. The Balaban J connectivity index is 1.20. The van der Waals surface area contributed by atoms with Crippen LogP contribution in [-0.2, 0) is 11.2 Å². The van der Waals surface area contributed by atoms with Gasteiger partial charge in [-0.2, -0.15) is 5.26 Å². The van der Waals surface area contributed by atoms with Crippen LogP contribution in [-0.4, -0.2) is 89.6 Å². The lowest BCUT2D eigenvalue weighted by molar-refractivity contribution is -0.131. The van der Waals surface area contributed by atoms with E-state index in [9.17, 15) is 18.8 Å². The molecule has 2 aliphatic heterocycles. The molecule has 0 spiro atoms. The van der Waals surface area contributed by atoms with E-state index >= 15 is 0 Å². The number of aromatic nitrogens is 3. The van der Waals surface area contributed by atoms with E-state index < -0.39 is 0 Å². The number of benzene rings is 1. The van der Waals surface area contributed by atoms with E-state index in [4.69, 9.17) is 9.97 Å². The largest absolute Gasteiger partial charge is 0.368 e. The van der Waals surface area contributed by atoms with Crippen LogP contribution >= 0.6 is 11.3 Å². The van der Waals surface area contributed by atoms with Crippen LogP contribution in [0.15, 0.2) is 42.6 Å². The zero-order chi connectivity index (χ0) is 30.1. The average Bonchev–Trinajstić information content (AvgIpc) is 3.78. The smallest absolute Gasteiger partial charge is 0.236 e. The summed E-state index contributed by atoms with van der Waals surface area (Å²) in [5, 5.41) is 10.5. The molecule has 0 bridgehead atoms. The van der Waals surface area contributed by atoms with Crippen LogP contribution in [0.25, 0.3) is 16.9 Å². The average molecular weight is 604 g/mol. The lowest BCUT2D eigenvalue weighted by Crippen LogP contribution is -2.50. The number of alkyl halides is 1. The summed E-state index contributed by atoms with van der Waals surface area (Å²) in [7, 11) is 1.93. The van der Waals surface area contributed by atoms with Crippen molar-refractivity contribution in [2.45, 2.75) is 19.8 Å². The molecule has 43 heavy (non-hydrogen) atoms. The number of halogens is 2. The van der Waals surface area contributed by atoms with Gasteiger partial charge in [0, 0.05) is 64.0 Å². The Morgan fingerprint density at radius 1 is 1.12 bits per heavy atom. The van der Waals surface area contributed by atoms with Crippen molar-refractivity contribution in [1.82, 2.24) is 24.2 Å². The number of nitriles is 1. The molecule has 1 atom stereocenters. The Morgan fingerprint density at radius 2 is 1.88 bits per heavy atom. The summed E-state index contributed by atoms with van der Waals surface area (Å²) in [4.78, 5) is 31.2. The first-order valence-corrected chi connectivity index (χ1v) is 15.4. The molecule has 1 amide bonds. The van der Waals surface area contributed by atoms with Crippen molar-refractivity contribution in [2.24, 2.45) is 5.92 Å². The van der Waals surface area contributed by atoms with E-state index in [2.05, 4.69) is 39.5 Å². The van der Waals surface area contributed by atoms with Crippen molar-refractivity contribution in [1.29, 1.82) is 5.26 Å². The number of nitrogens with zero attached hydrogens (tertiary/aromatic N) is 8. The van der Waals surface area contributed by atoms with E-state index in [1.165, 1.54) is 23.5 Å². The second-order valence-electron chi connectivity index (χ2n) is 11.1. The van der Waals surface area contributed by atoms with Gasteiger partial charge < -0.3 is 14.7 Å². The monoisotopic (exact) mass is 603 g/mol. The maximum Gasteiger partial charge on any atom is 0.236 e. The minimum atomic E-state index is -0.358. The highest BCUT2D eigenvalue weighted by Gasteiger charge is 2.28. The number of thiazole rings is 1. The zero-order valence-corrected chi connectivity index (χ0v) is 25.2. The molecule has 2 aliphatic rings. The fourth-order valence-electron chi connectivity index (χ4n) is 5.91. The van der Waals surface area contributed by atoms with Gasteiger partial charge in [0.1, 0.15) is 33.9 Å². The Labute approximate surface area is 253 Å². The van der Waals surface area contributed by atoms with E-state index in [1.807, 2.05) is 18.0 Å². The molecule has 0 saturated carbocycles. The number of hydrogen-bond acceptors (Lipinski definition) is 8. The third kappa shape index (κ3) is 5.79. The maximum absolute atomic E-state index is 13.5. The Morgan fingerprint density at radius 3 is 2.56 bits per heavy atom. The molecular weight excluding hydrogens is 569 g/mol. The highest BCUT2D eigenvalue weighted by atomic mass is 32.1.